The van der Waals surface area contributed by atoms with Crippen molar-refractivity contribution in [2.45, 2.75) is 20.1 Å². The van der Waals surface area contributed by atoms with E-state index in [0.29, 0.717) is 46.3 Å². The zero-order valence-electron chi connectivity index (χ0n) is 34.6. The minimum Gasteiger partial charge on any atom is -0.406 e. The van der Waals surface area contributed by atoms with Gasteiger partial charge in [0.25, 0.3) is 0 Å². The molecular formula is C29H32N14O12S6Y5-2. The summed E-state index contributed by atoms with van der Waals surface area (Å²) in [7, 11) is -17.3. The van der Waals surface area contributed by atoms with Gasteiger partial charge in [0, 0.05) is 212 Å². The number of hydrogen-bond donors (Lipinski definition) is 7. The van der Waals surface area contributed by atoms with Crippen molar-refractivity contribution in [1.29, 1.82) is 0 Å². The van der Waals surface area contributed by atoms with Crippen LogP contribution in [0.2, 0.25) is 1.41 Å². The topological polar surface area (TPSA) is 386 Å². The quantitative estimate of drug-likeness (QED) is 0.0181. The van der Waals surface area contributed by atoms with Crippen LogP contribution in [0.3, 0.4) is 0 Å². The van der Waals surface area contributed by atoms with Crippen LogP contribution in [-0.4, -0.2) is 137 Å². The van der Waals surface area contributed by atoms with Gasteiger partial charge < -0.3 is 56.9 Å². The maximum atomic E-state index is 12.4. The Balaban J connectivity index is 0.00000871. The zero-order chi connectivity index (χ0) is 44.8. The summed E-state index contributed by atoms with van der Waals surface area (Å²) < 4.78 is 125. The number of nitrogens with one attached hydrogen (secondary N) is 4. The molecule has 5 radical (unpaired) electrons. The Kier molecular flexibility index (Phi) is 30.9. The van der Waals surface area contributed by atoms with E-state index in [9.17, 15) is 33.7 Å². The molecule has 66 heavy (non-hydrogen) atoms. The number of anilines is 7. The fourth-order valence-corrected chi connectivity index (χ4v) is 8.78. The van der Waals surface area contributed by atoms with Crippen LogP contribution < -0.4 is 27.0 Å². The predicted molar refractivity (Wildman–Crippen MR) is 219 cm³/mol. The molecule has 0 unspecified atom stereocenters. The van der Waals surface area contributed by atoms with Crippen molar-refractivity contribution in [2.75, 3.05) is 76.3 Å². The smallest absolute Gasteiger partial charge is 0.397 e. The Morgan fingerprint density at radius 1 is 0.561 bits per heavy atom. The average molecular weight is 1410 g/mol. The number of nitrogens with zero attached hydrogens (tertiary/aromatic N) is 9. The molecule has 26 nitrogen and oxygen atoms in total. The Morgan fingerprint density at radius 2 is 0.924 bits per heavy atom. The SMILES string of the molecule is [2H]Nc1nc(SCCNc2n[c-]nc(Nc3ccc(S(=O)(=O)CCOS(=O)(=O)O)cc3)n2)nc(SCCNc2n[c-]nc(Nc3ccc(S(=O)(=O)CCOS(=O)(=O)O)cc3)n2)n1.[Y].[Y].[Y].[Y].[Y]. The number of nitrogen functional groups attached to an aromatic ring is 1. The monoisotopic (exact) mass is 1410 g/mol. The standard InChI is InChI=1S/C29H32N14O12S6.5Y/c30-23-39-28(56-13-9-31-24-33-17-35-26(41-24)37-19-1-5-21(6-2-19)58(44,45)15-11-54-60(48,49)50)43-29(40-23)57-14-10-32-25-34-18-36-27(42-25)38-20-3-7-22(8-4-20)59(46,47)16-12-55-61(51,52)53;;;;;/h1-8H,9-16H2,(H,48,49,50)(H,51,52,53)(H2,30,39,40,43)(H2,31,33,35,37,41)(H2,32,34,36,38,42);;;;;/q-2;;;;;/i/hD. The summed E-state index contributed by atoms with van der Waals surface area (Å²) in [4.78, 5) is 37.0. The first-order valence-corrected chi connectivity index (χ1v) is 24.7. The van der Waals surface area contributed by atoms with Crippen molar-refractivity contribution >= 4 is 105 Å². The van der Waals surface area contributed by atoms with E-state index in [-0.39, 0.29) is 203 Å². The Bertz CT molecular complexity index is 2590. The first kappa shape index (κ1) is 64.3. The van der Waals surface area contributed by atoms with Crippen LogP contribution in [0.5, 0.6) is 0 Å². The molecule has 0 fully saturated rings. The van der Waals surface area contributed by atoms with Gasteiger partial charge in [-0.1, -0.05) is 23.5 Å². The molecule has 0 saturated carbocycles. The summed E-state index contributed by atoms with van der Waals surface area (Å²) in [6, 6.07) is 10.9. The zero-order valence-corrected chi connectivity index (χ0v) is 52.7. The number of hydrogen-bond acceptors (Lipinski definition) is 26. The molecule has 0 aliphatic rings. The van der Waals surface area contributed by atoms with Crippen LogP contribution in [0.25, 0.3) is 0 Å². The average Bonchev–Trinajstić information content (AvgIpc) is 3.21. The van der Waals surface area contributed by atoms with Crippen molar-refractivity contribution in [3.63, 3.8) is 0 Å². The minimum atomic E-state index is -4.77. The first-order chi connectivity index (χ1) is 29.4. The second kappa shape index (κ2) is 31.7. The third-order valence-electron chi connectivity index (χ3n) is 6.98. The third kappa shape index (κ3) is 24.6. The van der Waals surface area contributed by atoms with E-state index in [2.05, 4.69) is 92.9 Å². The number of benzene rings is 2. The van der Waals surface area contributed by atoms with E-state index in [1.54, 1.807) is 0 Å². The Labute approximate surface area is 515 Å². The van der Waals surface area contributed by atoms with Crippen molar-refractivity contribution < 1.29 is 216 Å². The molecule has 37 heteroatoms. The van der Waals surface area contributed by atoms with E-state index < -0.39 is 65.2 Å². The van der Waals surface area contributed by atoms with Gasteiger partial charge in [0.2, 0.25) is 5.95 Å². The molecule has 8 N–H and O–H groups in total. The van der Waals surface area contributed by atoms with Crippen LogP contribution in [0.4, 0.5) is 41.1 Å². The molecular weight excluding hydrogens is 1370 g/mol. The second-order valence-corrected chi connectivity index (χ2v) is 19.9. The molecule has 3 aromatic heterocycles. The van der Waals surface area contributed by atoms with Gasteiger partial charge in [-0.3, -0.25) is 9.11 Å². The summed E-state index contributed by atoms with van der Waals surface area (Å²) >= 11 is 2.54. The number of rotatable bonds is 25. The number of thioether (sulfide) groups is 2. The molecule has 0 saturated heterocycles. The molecule has 343 valence electrons. The van der Waals surface area contributed by atoms with Crippen LogP contribution in [-0.2, 0) is 212 Å². The number of aromatic nitrogens is 9. The molecule has 0 spiro atoms. The number of nitrogens with two attached hydrogens (primary N) is 1. The molecule has 3 heterocycles. The summed E-state index contributed by atoms with van der Waals surface area (Å²) in [5.74, 6) is 0.132. The normalized spacial score (nSPS) is 11.4. The van der Waals surface area contributed by atoms with Gasteiger partial charge in [-0.2, -0.15) is 31.8 Å². The van der Waals surface area contributed by atoms with Crippen LogP contribution in [0, 0.1) is 12.7 Å². The van der Waals surface area contributed by atoms with Gasteiger partial charge in [-0.15, -0.1) is 0 Å². The largest absolute Gasteiger partial charge is 0.406 e. The van der Waals surface area contributed by atoms with Crippen LogP contribution >= 0.6 is 23.5 Å². The van der Waals surface area contributed by atoms with Gasteiger partial charge >= 0.3 is 20.8 Å². The van der Waals surface area contributed by atoms with Crippen LogP contribution in [0.1, 0.15) is 0 Å². The summed E-state index contributed by atoms with van der Waals surface area (Å²) in [5.41, 5.74) is 3.02. The Morgan fingerprint density at radius 3 is 1.27 bits per heavy atom. The molecule has 0 aliphatic carbocycles. The molecule has 0 atom stereocenters. The number of sulfone groups is 2. The molecule has 0 aliphatic heterocycles. The Hall–Kier alpha value is 0.329. The van der Waals surface area contributed by atoms with E-state index in [1.165, 1.54) is 72.1 Å². The second-order valence-electron chi connectivity index (χ2n) is 11.4. The van der Waals surface area contributed by atoms with Crippen LogP contribution in [0.15, 0.2) is 68.6 Å². The molecule has 5 rings (SSSR count). The van der Waals surface area contributed by atoms with Crippen molar-refractivity contribution in [3.8, 4) is 0 Å². The van der Waals surface area contributed by atoms with Gasteiger partial charge in [0.1, 0.15) is 23.8 Å². The van der Waals surface area contributed by atoms with E-state index >= 15 is 0 Å². The predicted octanol–water partition coefficient (Wildman–Crippen LogP) is 0.493. The van der Waals surface area contributed by atoms with Crippen molar-refractivity contribution in [2.24, 2.45) is 0 Å². The molecule has 5 aromatic rings. The molecule has 0 bridgehead atoms. The van der Waals surface area contributed by atoms with E-state index in [4.69, 9.17) is 10.5 Å². The van der Waals surface area contributed by atoms with Gasteiger partial charge in [0.15, 0.2) is 31.4 Å². The van der Waals surface area contributed by atoms with E-state index in [0.717, 1.165) is 0 Å². The molecule has 2 aromatic carbocycles. The van der Waals surface area contributed by atoms with Crippen molar-refractivity contribution in [1.82, 2.24) is 44.9 Å². The van der Waals surface area contributed by atoms with E-state index in [1.807, 2.05) is 0 Å². The maximum Gasteiger partial charge on any atom is 0.397 e. The fourth-order valence-electron chi connectivity index (χ4n) is 4.37. The third-order valence-corrected chi connectivity index (χ3v) is 13.0. The maximum absolute atomic E-state index is 12.4. The molecule has 0 amide bonds. The van der Waals surface area contributed by atoms with Gasteiger partial charge in [0.05, 0.1) is 34.5 Å². The summed E-state index contributed by atoms with van der Waals surface area (Å²) in [6.45, 7) is -0.806. The van der Waals surface area contributed by atoms with Crippen molar-refractivity contribution in [3.05, 3.63) is 61.2 Å². The van der Waals surface area contributed by atoms with Gasteiger partial charge in [-0.25, -0.2) is 25.2 Å². The fraction of sp³-hybridized carbons (Fsp3) is 0.276. The minimum absolute atomic E-state index is 0. The summed E-state index contributed by atoms with van der Waals surface area (Å²) in [6.07, 6.45) is 4.93. The summed E-state index contributed by atoms with van der Waals surface area (Å²) in [5, 5.41) is 12.5. The van der Waals surface area contributed by atoms with Gasteiger partial charge in [-0.05, 0) is 48.5 Å². The first-order valence-electron chi connectivity index (χ1n) is 17.2.